The molecule has 3 heteroatoms. The molecule has 2 aromatic carbocycles. The third kappa shape index (κ3) is 3.79. The maximum absolute atomic E-state index is 12.0. The molecular weight excluding hydrogens is 274 g/mol. The number of rotatable bonds is 7. The predicted molar refractivity (Wildman–Crippen MR) is 89.0 cm³/mol. The third-order valence-corrected chi connectivity index (χ3v) is 4.20. The average molecular weight is 297 g/mol. The highest BCUT2D eigenvalue weighted by Gasteiger charge is 2.24. The number of carbonyl (C=O) groups excluding carboxylic acids is 1. The van der Waals surface area contributed by atoms with Gasteiger partial charge in [-0.05, 0) is 36.6 Å². The topological polar surface area (TPSA) is 29.5 Å². The van der Waals surface area contributed by atoms with Crippen LogP contribution in [0.4, 0.5) is 0 Å². The molecule has 2 aromatic rings. The minimum Gasteiger partial charge on any atom is -0.493 e. The highest BCUT2D eigenvalue weighted by atomic mass is 16.5. The van der Waals surface area contributed by atoms with E-state index in [2.05, 4.69) is 18.2 Å². The average Bonchev–Trinajstić information content (AvgIpc) is 3.35. The van der Waals surface area contributed by atoms with Crippen LogP contribution < -0.4 is 4.74 Å². The zero-order valence-corrected chi connectivity index (χ0v) is 13.1. The Morgan fingerprint density at radius 2 is 1.95 bits per heavy atom. The first kappa shape index (κ1) is 14.9. The molecule has 3 rings (SSSR count). The summed E-state index contributed by atoms with van der Waals surface area (Å²) in [7, 11) is 1.91. The number of hydrogen-bond donors (Lipinski definition) is 0. The van der Waals surface area contributed by atoms with Gasteiger partial charge in [0.1, 0.15) is 5.75 Å². The number of amides is 1. The van der Waals surface area contributed by atoms with Crippen molar-refractivity contribution in [2.45, 2.75) is 25.7 Å². The van der Waals surface area contributed by atoms with Crippen LogP contribution in [0.25, 0.3) is 10.8 Å². The Kier molecular flexibility index (Phi) is 4.62. The lowest BCUT2D eigenvalue weighted by molar-refractivity contribution is -0.130. The van der Waals surface area contributed by atoms with E-state index in [4.69, 9.17) is 4.74 Å². The molecular formula is C19H23NO2. The summed E-state index contributed by atoms with van der Waals surface area (Å²) in [5.41, 5.74) is 0. The summed E-state index contributed by atoms with van der Waals surface area (Å²) in [4.78, 5) is 13.9. The van der Waals surface area contributed by atoms with Crippen molar-refractivity contribution in [2.75, 3.05) is 20.2 Å². The fourth-order valence-electron chi connectivity index (χ4n) is 2.71. The molecule has 0 heterocycles. The molecule has 0 aromatic heterocycles. The molecule has 0 bridgehead atoms. The Morgan fingerprint density at radius 3 is 2.77 bits per heavy atom. The second-order valence-electron chi connectivity index (χ2n) is 6.15. The van der Waals surface area contributed by atoms with Gasteiger partial charge in [-0.2, -0.15) is 0 Å². The van der Waals surface area contributed by atoms with Crippen LogP contribution >= 0.6 is 0 Å². The highest BCUT2D eigenvalue weighted by Crippen LogP contribution is 2.29. The number of carbonyl (C=O) groups is 1. The number of fused-ring (bicyclic) bond motifs is 1. The lowest BCUT2D eigenvalue weighted by Crippen LogP contribution is -2.28. The molecule has 3 nitrogen and oxygen atoms in total. The van der Waals surface area contributed by atoms with Crippen molar-refractivity contribution in [3.8, 4) is 5.75 Å². The minimum absolute atomic E-state index is 0.230. The molecule has 1 saturated carbocycles. The monoisotopic (exact) mass is 297 g/mol. The lowest BCUT2D eigenvalue weighted by Gasteiger charge is -2.16. The summed E-state index contributed by atoms with van der Waals surface area (Å²) in [6, 6.07) is 14.3. The van der Waals surface area contributed by atoms with E-state index in [-0.39, 0.29) is 5.91 Å². The summed E-state index contributed by atoms with van der Waals surface area (Å²) < 4.78 is 5.87. The van der Waals surface area contributed by atoms with E-state index in [0.717, 1.165) is 30.0 Å². The van der Waals surface area contributed by atoms with Gasteiger partial charge in [-0.3, -0.25) is 4.79 Å². The van der Waals surface area contributed by atoms with Crippen molar-refractivity contribution >= 4 is 16.7 Å². The quantitative estimate of drug-likeness (QED) is 0.726. The molecule has 22 heavy (non-hydrogen) atoms. The van der Waals surface area contributed by atoms with Crippen LogP contribution in [0, 0.1) is 5.92 Å². The van der Waals surface area contributed by atoms with Gasteiger partial charge in [0, 0.05) is 25.4 Å². The SMILES string of the molecule is CN(CC1CC1)C(=O)CCCOc1cccc2ccccc12. The third-order valence-electron chi connectivity index (χ3n) is 4.20. The second kappa shape index (κ2) is 6.82. The molecule has 0 N–H and O–H groups in total. The zero-order valence-electron chi connectivity index (χ0n) is 13.1. The minimum atomic E-state index is 0.230. The molecule has 0 spiro atoms. The number of benzene rings is 2. The molecule has 116 valence electrons. The van der Waals surface area contributed by atoms with E-state index >= 15 is 0 Å². The largest absolute Gasteiger partial charge is 0.493 e. The Balaban J connectivity index is 1.47. The van der Waals surface area contributed by atoms with Crippen LogP contribution in [0.2, 0.25) is 0 Å². The maximum Gasteiger partial charge on any atom is 0.222 e. The van der Waals surface area contributed by atoms with Crippen LogP contribution in [0.15, 0.2) is 42.5 Å². The summed E-state index contributed by atoms with van der Waals surface area (Å²) >= 11 is 0. The Hall–Kier alpha value is -2.03. The standard InChI is InChI=1S/C19H23NO2/c1-20(14-15-11-12-15)19(21)10-5-13-22-18-9-4-7-16-6-2-3-8-17(16)18/h2-4,6-9,15H,5,10-14H2,1H3. The van der Waals surface area contributed by atoms with Gasteiger partial charge in [0.2, 0.25) is 5.91 Å². The molecule has 1 amide bonds. The first-order chi connectivity index (χ1) is 10.7. The summed E-state index contributed by atoms with van der Waals surface area (Å²) in [5.74, 6) is 1.88. The van der Waals surface area contributed by atoms with Crippen LogP contribution in [0.3, 0.4) is 0 Å². The van der Waals surface area contributed by atoms with Crippen molar-refractivity contribution in [1.82, 2.24) is 4.90 Å². The van der Waals surface area contributed by atoms with E-state index in [1.165, 1.54) is 18.2 Å². The van der Waals surface area contributed by atoms with Gasteiger partial charge in [-0.25, -0.2) is 0 Å². The van der Waals surface area contributed by atoms with Gasteiger partial charge in [0.25, 0.3) is 0 Å². The van der Waals surface area contributed by atoms with E-state index in [0.29, 0.717) is 13.0 Å². The maximum atomic E-state index is 12.0. The van der Waals surface area contributed by atoms with Crippen LogP contribution in [-0.2, 0) is 4.79 Å². The summed E-state index contributed by atoms with van der Waals surface area (Å²) in [5, 5.41) is 2.31. The number of hydrogen-bond acceptors (Lipinski definition) is 2. The van der Waals surface area contributed by atoms with Crippen LogP contribution in [0.5, 0.6) is 5.75 Å². The second-order valence-corrected chi connectivity index (χ2v) is 6.15. The lowest BCUT2D eigenvalue weighted by atomic mass is 10.1. The highest BCUT2D eigenvalue weighted by molar-refractivity contribution is 5.88. The van der Waals surface area contributed by atoms with Gasteiger partial charge in [-0.15, -0.1) is 0 Å². The summed E-state index contributed by atoms with van der Waals surface area (Å²) in [6.07, 6.45) is 3.88. The Morgan fingerprint density at radius 1 is 1.18 bits per heavy atom. The van der Waals surface area contributed by atoms with E-state index in [1.807, 2.05) is 36.2 Å². The smallest absolute Gasteiger partial charge is 0.222 e. The van der Waals surface area contributed by atoms with Crippen LogP contribution in [0.1, 0.15) is 25.7 Å². The van der Waals surface area contributed by atoms with E-state index < -0.39 is 0 Å². The first-order valence-electron chi connectivity index (χ1n) is 8.08. The zero-order chi connectivity index (χ0) is 15.4. The summed E-state index contributed by atoms with van der Waals surface area (Å²) in [6.45, 7) is 1.50. The molecule has 0 radical (unpaired) electrons. The van der Waals surface area contributed by atoms with E-state index in [1.54, 1.807) is 0 Å². The van der Waals surface area contributed by atoms with Crippen molar-refractivity contribution in [1.29, 1.82) is 0 Å². The molecule has 0 atom stereocenters. The molecule has 1 aliphatic rings. The van der Waals surface area contributed by atoms with Crippen molar-refractivity contribution in [3.63, 3.8) is 0 Å². The molecule has 0 saturated heterocycles. The van der Waals surface area contributed by atoms with Crippen molar-refractivity contribution in [2.24, 2.45) is 5.92 Å². The molecule has 1 fully saturated rings. The van der Waals surface area contributed by atoms with Gasteiger partial charge in [-0.1, -0.05) is 36.4 Å². The molecule has 0 aliphatic heterocycles. The normalized spacial score (nSPS) is 14.0. The van der Waals surface area contributed by atoms with Crippen molar-refractivity contribution in [3.05, 3.63) is 42.5 Å². The Labute approximate surface area is 131 Å². The molecule has 1 aliphatic carbocycles. The van der Waals surface area contributed by atoms with Crippen LogP contribution in [-0.4, -0.2) is 31.0 Å². The fourth-order valence-corrected chi connectivity index (χ4v) is 2.71. The van der Waals surface area contributed by atoms with Gasteiger partial charge in [0.15, 0.2) is 0 Å². The van der Waals surface area contributed by atoms with Gasteiger partial charge in [0.05, 0.1) is 6.61 Å². The van der Waals surface area contributed by atoms with E-state index in [9.17, 15) is 4.79 Å². The number of nitrogens with zero attached hydrogens (tertiary/aromatic N) is 1. The number of ether oxygens (including phenoxy) is 1. The molecule has 0 unspecified atom stereocenters. The Bertz CT molecular complexity index is 643. The predicted octanol–water partition coefficient (Wildman–Crippen LogP) is 3.87. The van der Waals surface area contributed by atoms with Gasteiger partial charge < -0.3 is 9.64 Å². The first-order valence-corrected chi connectivity index (χ1v) is 8.08. The fraction of sp³-hybridized carbons (Fsp3) is 0.421. The van der Waals surface area contributed by atoms with Crippen molar-refractivity contribution < 1.29 is 9.53 Å². The van der Waals surface area contributed by atoms with Gasteiger partial charge >= 0.3 is 0 Å².